The average Bonchev–Trinajstić information content (AvgIpc) is 3.42. The number of esters is 1. The Morgan fingerprint density at radius 1 is 1.09 bits per heavy atom. The molecule has 2 unspecified atom stereocenters. The Morgan fingerprint density at radius 3 is 2.54 bits per heavy atom. The van der Waals surface area contributed by atoms with Crippen LogP contribution in [-0.2, 0) is 23.9 Å². The number of carbonyl (C=O) groups is 4. The average molecular weight is 486 g/mol. The number of hydrogen-bond acceptors (Lipinski definition) is 7. The van der Waals surface area contributed by atoms with E-state index in [4.69, 9.17) is 14.2 Å². The molecule has 0 aliphatic carbocycles. The minimum atomic E-state index is -0.837. The molecule has 0 aromatic heterocycles. The Balaban J connectivity index is 1.47. The lowest BCUT2D eigenvalue weighted by atomic mass is 10.0. The van der Waals surface area contributed by atoms with Crippen molar-refractivity contribution in [2.24, 2.45) is 0 Å². The highest BCUT2D eigenvalue weighted by Gasteiger charge is 2.45. The first kappa shape index (κ1) is 24.7. The highest BCUT2D eigenvalue weighted by molar-refractivity contribution is 5.99. The molecular formula is C25H31N3O7. The number of carbonyl (C=O) groups excluding carboxylic acids is 4. The van der Waals surface area contributed by atoms with E-state index >= 15 is 0 Å². The van der Waals surface area contributed by atoms with Gasteiger partial charge in [-0.05, 0) is 56.9 Å². The van der Waals surface area contributed by atoms with Crippen molar-refractivity contribution in [1.29, 1.82) is 0 Å². The first-order chi connectivity index (χ1) is 16.9. The summed E-state index contributed by atoms with van der Waals surface area (Å²) in [6, 6.07) is 4.38. The van der Waals surface area contributed by atoms with Gasteiger partial charge < -0.3 is 29.7 Å². The number of fused-ring (bicyclic) bond motifs is 1. The molecule has 3 aliphatic rings. The second-order valence-corrected chi connectivity index (χ2v) is 8.82. The fraction of sp³-hybridized carbons (Fsp3) is 0.520. The number of cyclic esters (lactones) is 1. The molecule has 10 nitrogen and oxygen atoms in total. The summed E-state index contributed by atoms with van der Waals surface area (Å²) in [5.74, 6) is -0.830. The van der Waals surface area contributed by atoms with E-state index in [-0.39, 0.29) is 30.2 Å². The standard InChI is InChI=1S/C25H31N3O7/c1-3-34-25-19(14-21(29)35-25)27-23(31)20-13-10-16-6-4-5-7-18(24(32)28(16)20)26-22(30)15-8-11-17(33-2)12-9-15/h4-5,8-9,11-12,16,18-20,25H,3,6-7,10,13-14H2,1-2H3,(H,26,30)(H,27,31)/b5-4-/t16-,18+,19?,20+,25?/m1/s1. The summed E-state index contributed by atoms with van der Waals surface area (Å²) >= 11 is 0. The van der Waals surface area contributed by atoms with Gasteiger partial charge >= 0.3 is 5.97 Å². The van der Waals surface area contributed by atoms with Gasteiger partial charge in [-0.1, -0.05) is 12.2 Å². The van der Waals surface area contributed by atoms with Crippen molar-refractivity contribution < 1.29 is 33.4 Å². The van der Waals surface area contributed by atoms with Crippen LogP contribution in [0.3, 0.4) is 0 Å². The quantitative estimate of drug-likeness (QED) is 0.441. The monoisotopic (exact) mass is 485 g/mol. The van der Waals surface area contributed by atoms with E-state index in [0.717, 1.165) is 0 Å². The maximum Gasteiger partial charge on any atom is 0.310 e. The Morgan fingerprint density at radius 2 is 1.83 bits per heavy atom. The molecule has 0 radical (unpaired) electrons. The van der Waals surface area contributed by atoms with Crippen molar-refractivity contribution in [3.8, 4) is 5.75 Å². The third-order valence-corrected chi connectivity index (χ3v) is 6.58. The molecule has 188 valence electrons. The number of hydrogen-bond donors (Lipinski definition) is 2. The normalized spacial score (nSPS) is 29.0. The molecule has 1 aromatic rings. The number of nitrogens with zero attached hydrogens (tertiary/aromatic N) is 1. The van der Waals surface area contributed by atoms with Crippen molar-refractivity contribution in [1.82, 2.24) is 15.5 Å². The molecule has 3 amide bonds. The summed E-state index contributed by atoms with van der Waals surface area (Å²) in [4.78, 5) is 53.0. The van der Waals surface area contributed by atoms with Crippen molar-refractivity contribution in [3.63, 3.8) is 0 Å². The molecule has 2 fully saturated rings. The summed E-state index contributed by atoms with van der Waals surface area (Å²) in [6.45, 7) is 2.11. The maximum absolute atomic E-state index is 13.6. The van der Waals surface area contributed by atoms with E-state index in [0.29, 0.717) is 43.6 Å². The zero-order valence-corrected chi connectivity index (χ0v) is 19.9. The fourth-order valence-electron chi connectivity index (χ4n) is 4.82. The summed E-state index contributed by atoms with van der Waals surface area (Å²) in [7, 11) is 1.54. The second-order valence-electron chi connectivity index (χ2n) is 8.82. The van der Waals surface area contributed by atoms with Crippen LogP contribution in [0.25, 0.3) is 0 Å². The lowest BCUT2D eigenvalue weighted by Gasteiger charge is -2.34. The molecule has 35 heavy (non-hydrogen) atoms. The van der Waals surface area contributed by atoms with Gasteiger partial charge in [-0.15, -0.1) is 0 Å². The lowest BCUT2D eigenvalue weighted by molar-refractivity contribution is -0.164. The van der Waals surface area contributed by atoms with E-state index < -0.39 is 30.4 Å². The zero-order chi connectivity index (χ0) is 24.9. The number of methoxy groups -OCH3 is 1. The van der Waals surface area contributed by atoms with Crippen molar-refractivity contribution in [2.75, 3.05) is 13.7 Å². The summed E-state index contributed by atoms with van der Waals surface area (Å²) in [5, 5.41) is 5.67. The topological polar surface area (TPSA) is 123 Å². The second kappa shape index (κ2) is 10.9. The third kappa shape index (κ3) is 5.48. The number of ether oxygens (including phenoxy) is 3. The number of nitrogens with one attached hydrogen (secondary N) is 2. The lowest BCUT2D eigenvalue weighted by Crippen LogP contribution is -2.57. The zero-order valence-electron chi connectivity index (χ0n) is 19.9. The van der Waals surface area contributed by atoms with Gasteiger partial charge in [0, 0.05) is 18.2 Å². The predicted octanol–water partition coefficient (Wildman–Crippen LogP) is 1.30. The van der Waals surface area contributed by atoms with Crippen LogP contribution < -0.4 is 15.4 Å². The van der Waals surface area contributed by atoms with E-state index in [1.54, 1.807) is 43.2 Å². The van der Waals surface area contributed by atoms with Crippen LogP contribution >= 0.6 is 0 Å². The van der Waals surface area contributed by atoms with Crippen LogP contribution in [0.4, 0.5) is 0 Å². The minimum Gasteiger partial charge on any atom is -0.497 e. The van der Waals surface area contributed by atoms with Crippen molar-refractivity contribution in [2.45, 2.75) is 69.5 Å². The van der Waals surface area contributed by atoms with Crippen LogP contribution in [0.5, 0.6) is 5.75 Å². The first-order valence-electron chi connectivity index (χ1n) is 11.9. The largest absolute Gasteiger partial charge is 0.497 e. The maximum atomic E-state index is 13.6. The molecule has 2 N–H and O–H groups in total. The first-order valence-corrected chi connectivity index (χ1v) is 11.9. The van der Waals surface area contributed by atoms with Crippen molar-refractivity contribution >= 4 is 23.7 Å². The Kier molecular flexibility index (Phi) is 7.70. The van der Waals surface area contributed by atoms with Gasteiger partial charge in [0.05, 0.1) is 13.5 Å². The fourth-order valence-corrected chi connectivity index (χ4v) is 4.82. The third-order valence-electron chi connectivity index (χ3n) is 6.58. The van der Waals surface area contributed by atoms with Crippen LogP contribution in [0.15, 0.2) is 36.4 Å². The molecular weight excluding hydrogens is 454 g/mol. The van der Waals surface area contributed by atoms with Gasteiger partial charge in [0.25, 0.3) is 5.91 Å². The number of benzene rings is 1. The number of rotatable bonds is 7. The van der Waals surface area contributed by atoms with E-state index in [1.807, 2.05) is 12.2 Å². The molecule has 0 bridgehead atoms. The highest BCUT2D eigenvalue weighted by Crippen LogP contribution is 2.30. The smallest absolute Gasteiger partial charge is 0.310 e. The highest BCUT2D eigenvalue weighted by atomic mass is 16.7. The Hall–Kier alpha value is -3.40. The van der Waals surface area contributed by atoms with Gasteiger partial charge in [0.2, 0.25) is 18.1 Å². The van der Waals surface area contributed by atoms with Crippen LogP contribution in [-0.4, -0.2) is 72.8 Å². The van der Waals surface area contributed by atoms with Gasteiger partial charge in [-0.3, -0.25) is 19.2 Å². The molecule has 0 spiro atoms. The molecule has 4 rings (SSSR count). The molecule has 10 heteroatoms. The Bertz CT molecular complexity index is 993. The predicted molar refractivity (Wildman–Crippen MR) is 124 cm³/mol. The van der Waals surface area contributed by atoms with Gasteiger partial charge in [0.1, 0.15) is 23.9 Å². The van der Waals surface area contributed by atoms with E-state index in [1.165, 1.54) is 0 Å². The molecule has 3 heterocycles. The van der Waals surface area contributed by atoms with E-state index in [9.17, 15) is 19.2 Å². The van der Waals surface area contributed by atoms with Gasteiger partial charge in [-0.25, -0.2) is 0 Å². The molecule has 1 aromatic carbocycles. The molecule has 3 aliphatic heterocycles. The van der Waals surface area contributed by atoms with Gasteiger partial charge in [-0.2, -0.15) is 0 Å². The molecule has 5 atom stereocenters. The number of amides is 3. The summed E-state index contributed by atoms with van der Waals surface area (Å²) in [5.41, 5.74) is 0.407. The molecule has 0 saturated carbocycles. The Labute approximate surface area is 204 Å². The molecule has 2 saturated heterocycles. The van der Waals surface area contributed by atoms with Crippen LogP contribution in [0, 0.1) is 0 Å². The summed E-state index contributed by atoms with van der Waals surface area (Å²) in [6.07, 6.45) is 5.21. The van der Waals surface area contributed by atoms with Crippen LogP contribution in [0.2, 0.25) is 0 Å². The van der Waals surface area contributed by atoms with Gasteiger partial charge in [0.15, 0.2) is 0 Å². The summed E-state index contributed by atoms with van der Waals surface area (Å²) < 4.78 is 15.7. The minimum absolute atomic E-state index is 0.0176. The van der Waals surface area contributed by atoms with E-state index in [2.05, 4.69) is 10.6 Å². The van der Waals surface area contributed by atoms with Crippen molar-refractivity contribution in [3.05, 3.63) is 42.0 Å². The van der Waals surface area contributed by atoms with Crippen LogP contribution in [0.1, 0.15) is 49.4 Å². The SMILES string of the molecule is CCOC1OC(=O)CC1NC(=O)[C@@H]1CC[C@H]2C/C=C\C[C@H](NC(=O)c3ccc(OC)cc3)C(=O)N21.